The number of aromatic nitrogens is 1. The van der Waals surface area contributed by atoms with Crippen molar-refractivity contribution in [1.29, 1.82) is 0 Å². The minimum Gasteiger partial charge on any atom is -0.502 e. The minimum atomic E-state index is -0.626. The lowest BCUT2D eigenvalue weighted by Crippen LogP contribution is -2.28. The summed E-state index contributed by atoms with van der Waals surface area (Å²) in [7, 11) is 5.41. The van der Waals surface area contributed by atoms with E-state index in [1.165, 1.54) is 4.57 Å². The maximum Gasteiger partial charge on any atom is 0.293 e. The monoisotopic (exact) mass is 473 g/mol. The highest BCUT2D eigenvalue weighted by Crippen LogP contribution is 2.26. The predicted molar refractivity (Wildman–Crippen MR) is 130 cm³/mol. The van der Waals surface area contributed by atoms with Gasteiger partial charge in [0.15, 0.2) is 5.75 Å². The average molecular weight is 474 g/mol. The Balaban J connectivity index is 1.77. The molecule has 0 radical (unpaired) electrons. The number of carbonyl (C=O) groups excluding carboxylic acids is 1. The van der Waals surface area contributed by atoms with Gasteiger partial charge in [-0.3, -0.25) is 9.59 Å². The highest BCUT2D eigenvalue weighted by Gasteiger charge is 2.19. The Labute approximate surface area is 197 Å². The van der Waals surface area contributed by atoms with Crippen LogP contribution in [0, 0.1) is 0 Å². The molecule has 0 spiro atoms. The molecule has 3 rings (SSSR count). The van der Waals surface area contributed by atoms with Crippen molar-refractivity contribution in [3.05, 3.63) is 80.1 Å². The third-order valence-corrected chi connectivity index (χ3v) is 5.96. The number of nitrogens with zero attached hydrogens (tertiary/aromatic N) is 2. The second-order valence-electron chi connectivity index (χ2n) is 7.71. The lowest BCUT2D eigenvalue weighted by molar-refractivity contribution is 0.0950. The molecule has 0 aliphatic heterocycles. The fraction of sp³-hybridized carbons (Fsp3) is 0.250. The third-order valence-electron chi connectivity index (χ3n) is 5.22. The molecule has 2 N–H and O–H groups in total. The molecule has 32 heavy (non-hydrogen) atoms. The summed E-state index contributed by atoms with van der Waals surface area (Å²) < 4.78 is 1.34. The first-order valence-electron chi connectivity index (χ1n) is 10.1. The average Bonchev–Trinajstić information content (AvgIpc) is 2.77. The lowest BCUT2D eigenvalue weighted by atomic mass is 10.1. The smallest absolute Gasteiger partial charge is 0.293 e. The van der Waals surface area contributed by atoms with Gasteiger partial charge in [0.25, 0.3) is 11.5 Å². The summed E-state index contributed by atoms with van der Waals surface area (Å²) in [6.07, 6.45) is 1.36. The van der Waals surface area contributed by atoms with Crippen LogP contribution in [0.5, 0.6) is 5.75 Å². The molecule has 0 saturated carbocycles. The van der Waals surface area contributed by atoms with Crippen molar-refractivity contribution in [2.45, 2.75) is 12.8 Å². The normalized spacial score (nSPS) is 10.8. The van der Waals surface area contributed by atoms with Gasteiger partial charge in [-0.05, 0) is 48.7 Å². The summed E-state index contributed by atoms with van der Waals surface area (Å²) in [4.78, 5) is 27.3. The molecular weight excluding hydrogens is 449 g/mol. The Morgan fingerprint density at radius 2 is 1.84 bits per heavy atom. The van der Waals surface area contributed by atoms with Crippen LogP contribution in [0.4, 0.5) is 5.69 Å². The minimum absolute atomic E-state index is 0.0482. The van der Waals surface area contributed by atoms with Crippen molar-refractivity contribution in [1.82, 2.24) is 9.88 Å². The SMILES string of the molecule is CN(C)c1cccc(-c2cc(C(=O)NCCCc3ccc(Cl)c(Cl)c3)c(O)c(=O)n2C)c1. The quantitative estimate of drug-likeness (QED) is 0.495. The maximum atomic E-state index is 12.7. The number of aryl methyl sites for hydroxylation is 1. The number of anilines is 1. The molecule has 3 aromatic rings. The standard InChI is InChI=1S/C24H25Cl2N3O3/c1-28(2)17-8-4-7-16(13-17)21-14-18(22(30)24(32)29(21)3)23(31)27-11-5-6-15-9-10-19(25)20(26)12-15/h4,7-10,12-14,30H,5-6,11H2,1-3H3,(H,27,31). The fourth-order valence-electron chi connectivity index (χ4n) is 3.36. The van der Waals surface area contributed by atoms with Crippen LogP contribution in [-0.2, 0) is 13.5 Å². The molecule has 6 nitrogen and oxygen atoms in total. The van der Waals surface area contributed by atoms with E-state index in [0.29, 0.717) is 35.1 Å². The van der Waals surface area contributed by atoms with Gasteiger partial charge >= 0.3 is 0 Å². The zero-order valence-electron chi connectivity index (χ0n) is 18.2. The number of hydrogen-bond acceptors (Lipinski definition) is 4. The van der Waals surface area contributed by atoms with E-state index in [9.17, 15) is 14.7 Å². The Kier molecular flexibility index (Phi) is 7.48. The van der Waals surface area contributed by atoms with E-state index in [0.717, 1.165) is 16.8 Å². The molecule has 8 heteroatoms. The Hall–Kier alpha value is -2.96. The van der Waals surface area contributed by atoms with Crippen LogP contribution in [0.3, 0.4) is 0 Å². The topological polar surface area (TPSA) is 74.6 Å². The number of hydrogen-bond donors (Lipinski definition) is 2. The van der Waals surface area contributed by atoms with E-state index in [1.54, 1.807) is 25.2 Å². The van der Waals surface area contributed by atoms with Crippen LogP contribution in [0.1, 0.15) is 22.3 Å². The van der Waals surface area contributed by atoms with Crippen LogP contribution >= 0.6 is 23.2 Å². The second-order valence-corrected chi connectivity index (χ2v) is 8.52. The molecule has 0 saturated heterocycles. The Bertz CT molecular complexity index is 1210. The van der Waals surface area contributed by atoms with E-state index in [1.807, 2.05) is 49.3 Å². The van der Waals surface area contributed by atoms with E-state index in [-0.39, 0.29) is 5.56 Å². The number of carbonyl (C=O) groups is 1. The van der Waals surface area contributed by atoms with Crippen LogP contribution in [-0.4, -0.2) is 36.2 Å². The number of halogens is 2. The number of benzene rings is 2. The van der Waals surface area contributed by atoms with Gasteiger partial charge < -0.3 is 19.9 Å². The molecule has 0 aliphatic rings. The summed E-state index contributed by atoms with van der Waals surface area (Å²) in [5.41, 5.74) is 2.60. The molecule has 1 aromatic heterocycles. The molecule has 0 fully saturated rings. The Morgan fingerprint density at radius 3 is 2.53 bits per heavy atom. The highest BCUT2D eigenvalue weighted by atomic mass is 35.5. The number of rotatable bonds is 7. The molecule has 2 aromatic carbocycles. The van der Waals surface area contributed by atoms with Crippen LogP contribution in [0.2, 0.25) is 10.0 Å². The van der Waals surface area contributed by atoms with E-state index in [4.69, 9.17) is 23.2 Å². The van der Waals surface area contributed by atoms with E-state index >= 15 is 0 Å². The van der Waals surface area contributed by atoms with Gasteiger partial charge in [-0.1, -0.05) is 41.4 Å². The van der Waals surface area contributed by atoms with Crippen molar-refractivity contribution < 1.29 is 9.90 Å². The summed E-state index contributed by atoms with van der Waals surface area (Å²) in [5.74, 6) is -1.07. The fourth-order valence-corrected chi connectivity index (χ4v) is 3.68. The van der Waals surface area contributed by atoms with E-state index in [2.05, 4.69) is 5.32 Å². The number of pyridine rings is 1. The first kappa shape index (κ1) is 23.7. The maximum absolute atomic E-state index is 12.7. The Morgan fingerprint density at radius 1 is 1.09 bits per heavy atom. The molecule has 1 heterocycles. The highest BCUT2D eigenvalue weighted by molar-refractivity contribution is 6.42. The molecule has 1 amide bonds. The van der Waals surface area contributed by atoms with Crippen molar-refractivity contribution in [2.75, 3.05) is 25.5 Å². The van der Waals surface area contributed by atoms with Crippen molar-refractivity contribution in [2.24, 2.45) is 7.05 Å². The van der Waals surface area contributed by atoms with Gasteiger partial charge in [0, 0.05) is 38.9 Å². The van der Waals surface area contributed by atoms with Crippen molar-refractivity contribution >= 4 is 34.8 Å². The van der Waals surface area contributed by atoms with Gasteiger partial charge in [0.1, 0.15) is 0 Å². The molecule has 0 bridgehead atoms. The third kappa shape index (κ3) is 5.26. The zero-order valence-corrected chi connectivity index (χ0v) is 19.7. The van der Waals surface area contributed by atoms with Gasteiger partial charge in [-0.2, -0.15) is 0 Å². The molecule has 168 valence electrons. The number of amides is 1. The van der Waals surface area contributed by atoms with Crippen LogP contribution < -0.4 is 15.8 Å². The largest absolute Gasteiger partial charge is 0.502 e. The summed E-state index contributed by atoms with van der Waals surface area (Å²) in [6.45, 7) is 0.374. The molecule has 0 aliphatic carbocycles. The van der Waals surface area contributed by atoms with Gasteiger partial charge in [-0.15, -0.1) is 0 Å². The number of nitrogens with one attached hydrogen (secondary N) is 1. The molecule has 0 unspecified atom stereocenters. The first-order chi connectivity index (χ1) is 15.2. The van der Waals surface area contributed by atoms with Gasteiger partial charge in [0.05, 0.1) is 21.3 Å². The first-order valence-corrected chi connectivity index (χ1v) is 10.9. The molecular formula is C24H25Cl2N3O3. The van der Waals surface area contributed by atoms with Crippen molar-refractivity contribution in [3.63, 3.8) is 0 Å². The lowest BCUT2D eigenvalue weighted by Gasteiger charge is -2.16. The predicted octanol–water partition coefficient (Wildman–Crippen LogP) is 4.49. The summed E-state index contributed by atoms with van der Waals surface area (Å²) >= 11 is 12.0. The van der Waals surface area contributed by atoms with E-state index < -0.39 is 17.2 Å². The van der Waals surface area contributed by atoms with Crippen molar-refractivity contribution in [3.8, 4) is 17.0 Å². The van der Waals surface area contributed by atoms with Gasteiger partial charge in [0.2, 0.25) is 0 Å². The van der Waals surface area contributed by atoms with Gasteiger partial charge in [-0.25, -0.2) is 0 Å². The summed E-state index contributed by atoms with van der Waals surface area (Å²) in [5, 5.41) is 14.1. The zero-order chi connectivity index (χ0) is 23.4. The number of aromatic hydroxyl groups is 1. The van der Waals surface area contributed by atoms with Crippen LogP contribution in [0.25, 0.3) is 11.3 Å². The molecule has 0 atom stereocenters. The second kappa shape index (κ2) is 10.1. The summed E-state index contributed by atoms with van der Waals surface area (Å²) in [6, 6.07) is 14.6. The van der Waals surface area contributed by atoms with Crippen LogP contribution in [0.15, 0.2) is 53.3 Å².